The molecule has 156 valence electrons. The highest BCUT2D eigenvalue weighted by Crippen LogP contribution is 2.32. The zero-order valence-electron chi connectivity index (χ0n) is 16.2. The lowest BCUT2D eigenvalue weighted by Gasteiger charge is -2.32. The van der Waals surface area contributed by atoms with Gasteiger partial charge in [-0.15, -0.1) is 12.4 Å². The molecule has 0 spiro atoms. The topological polar surface area (TPSA) is 75.5 Å². The highest BCUT2D eigenvalue weighted by atomic mass is 35.5. The van der Waals surface area contributed by atoms with Crippen LogP contribution < -0.4 is 4.90 Å². The fourth-order valence-corrected chi connectivity index (χ4v) is 4.01. The van der Waals surface area contributed by atoms with E-state index in [1.54, 1.807) is 18.6 Å². The summed E-state index contributed by atoms with van der Waals surface area (Å²) in [6, 6.07) is 3.88. The first-order chi connectivity index (χ1) is 14.1. The molecule has 0 radical (unpaired) electrons. The lowest BCUT2D eigenvalue weighted by molar-refractivity contribution is 0.474. The molecule has 0 amide bonds. The Bertz CT molecular complexity index is 1180. The second-order valence-corrected chi connectivity index (χ2v) is 7.32. The molecule has 3 aromatic heterocycles. The first-order valence-corrected chi connectivity index (χ1v) is 9.48. The number of aryl methyl sites for hydroxylation is 1. The minimum absolute atomic E-state index is 0. The third kappa shape index (κ3) is 3.49. The molecule has 10 heteroatoms. The summed E-state index contributed by atoms with van der Waals surface area (Å²) in [5.74, 6) is 0.425. The molecule has 30 heavy (non-hydrogen) atoms. The summed E-state index contributed by atoms with van der Waals surface area (Å²) < 4.78 is 28.8. The van der Waals surface area contributed by atoms with E-state index >= 15 is 0 Å². The Morgan fingerprint density at radius 2 is 1.90 bits per heavy atom. The van der Waals surface area contributed by atoms with Crippen LogP contribution in [-0.2, 0) is 7.05 Å². The molecule has 7 nitrogen and oxygen atoms in total. The van der Waals surface area contributed by atoms with E-state index in [4.69, 9.17) is 4.98 Å². The van der Waals surface area contributed by atoms with Gasteiger partial charge in [0.25, 0.3) is 0 Å². The van der Waals surface area contributed by atoms with E-state index in [-0.39, 0.29) is 18.3 Å². The Kier molecular flexibility index (Phi) is 5.38. The summed E-state index contributed by atoms with van der Waals surface area (Å²) in [5.41, 5.74) is 1.96. The van der Waals surface area contributed by atoms with Gasteiger partial charge in [-0.1, -0.05) is 0 Å². The number of aromatic nitrogens is 6. The lowest BCUT2D eigenvalue weighted by atomic mass is 9.96. The predicted octanol–water partition coefficient (Wildman–Crippen LogP) is 3.84. The molecule has 1 aromatic carbocycles. The van der Waals surface area contributed by atoms with E-state index in [1.807, 2.05) is 17.8 Å². The van der Waals surface area contributed by atoms with Crippen LogP contribution in [0.3, 0.4) is 0 Å². The number of imidazole rings is 1. The van der Waals surface area contributed by atoms with Crippen molar-refractivity contribution in [3.05, 3.63) is 54.4 Å². The Hall–Kier alpha value is -3.07. The second kappa shape index (κ2) is 7.98. The average Bonchev–Trinajstić information content (AvgIpc) is 3.37. The van der Waals surface area contributed by atoms with Crippen molar-refractivity contribution in [3.8, 4) is 11.3 Å². The number of nitrogens with one attached hydrogen (secondary N) is 1. The Morgan fingerprint density at radius 3 is 2.67 bits per heavy atom. The predicted molar refractivity (Wildman–Crippen MR) is 112 cm³/mol. The molecule has 4 aromatic rings. The van der Waals surface area contributed by atoms with Gasteiger partial charge in [-0.3, -0.25) is 5.10 Å². The number of benzene rings is 1. The largest absolute Gasteiger partial charge is 0.356 e. The Labute approximate surface area is 177 Å². The number of aromatic amines is 1. The molecular formula is C20H20ClF2N7. The number of nitrogens with zero attached hydrogens (tertiary/aromatic N) is 6. The highest BCUT2D eigenvalue weighted by molar-refractivity contribution is 5.86. The summed E-state index contributed by atoms with van der Waals surface area (Å²) in [6.07, 6.45) is 7.02. The maximum absolute atomic E-state index is 13.6. The number of hydrogen-bond acceptors (Lipinski definition) is 5. The van der Waals surface area contributed by atoms with Crippen molar-refractivity contribution < 1.29 is 8.78 Å². The van der Waals surface area contributed by atoms with Crippen molar-refractivity contribution in [3.63, 3.8) is 0 Å². The summed E-state index contributed by atoms with van der Waals surface area (Å²) in [6.45, 7) is 1.69. The quantitative estimate of drug-likeness (QED) is 0.533. The second-order valence-electron chi connectivity index (χ2n) is 7.32. The summed E-state index contributed by atoms with van der Waals surface area (Å²) in [4.78, 5) is 15.6. The monoisotopic (exact) mass is 431 g/mol. The van der Waals surface area contributed by atoms with Crippen molar-refractivity contribution in [2.75, 3.05) is 18.0 Å². The number of hydrogen-bond donors (Lipinski definition) is 1. The van der Waals surface area contributed by atoms with E-state index in [1.165, 1.54) is 6.07 Å². The van der Waals surface area contributed by atoms with Crippen molar-refractivity contribution in [1.29, 1.82) is 0 Å². The Morgan fingerprint density at radius 1 is 1.10 bits per heavy atom. The summed E-state index contributed by atoms with van der Waals surface area (Å²) in [7, 11) is 1.94. The fraction of sp³-hybridized carbons (Fsp3) is 0.300. The zero-order chi connectivity index (χ0) is 20.0. The van der Waals surface area contributed by atoms with Gasteiger partial charge in [0.2, 0.25) is 0 Å². The molecule has 5 rings (SSSR count). The van der Waals surface area contributed by atoms with Crippen LogP contribution >= 0.6 is 12.4 Å². The van der Waals surface area contributed by atoms with E-state index in [2.05, 4.69) is 25.1 Å². The number of fused-ring (bicyclic) bond motifs is 1. The van der Waals surface area contributed by atoms with Crippen molar-refractivity contribution in [2.24, 2.45) is 7.05 Å². The van der Waals surface area contributed by atoms with Crippen molar-refractivity contribution in [1.82, 2.24) is 29.7 Å². The minimum Gasteiger partial charge on any atom is -0.356 e. The molecule has 1 aliphatic heterocycles. The van der Waals surface area contributed by atoms with Gasteiger partial charge in [0.05, 0.1) is 17.3 Å². The number of H-pyrrole nitrogens is 1. The average molecular weight is 432 g/mol. The molecule has 1 saturated heterocycles. The molecule has 0 unspecified atom stereocenters. The fourth-order valence-electron chi connectivity index (χ4n) is 4.01. The molecule has 0 atom stereocenters. The van der Waals surface area contributed by atoms with Gasteiger partial charge in [0, 0.05) is 37.8 Å². The zero-order valence-corrected chi connectivity index (χ0v) is 17.0. The molecule has 1 aliphatic rings. The number of halogens is 3. The van der Waals surface area contributed by atoms with Gasteiger partial charge in [-0.25, -0.2) is 23.7 Å². The van der Waals surface area contributed by atoms with Gasteiger partial charge < -0.3 is 9.47 Å². The maximum atomic E-state index is 13.6. The number of rotatable bonds is 3. The summed E-state index contributed by atoms with van der Waals surface area (Å²) in [5, 5.41) is 7.85. The van der Waals surface area contributed by atoms with Gasteiger partial charge >= 0.3 is 0 Å². The molecular weight excluding hydrogens is 412 g/mol. The molecule has 4 heterocycles. The first kappa shape index (κ1) is 20.2. The van der Waals surface area contributed by atoms with E-state index in [9.17, 15) is 8.78 Å². The normalized spacial score (nSPS) is 14.8. The SMILES string of the molecule is Cl.Cn1cc(-c2ccc(F)c(F)c2)nc1C1CCN(c2ncnc3[nH]ncc23)CC1. The van der Waals surface area contributed by atoms with Crippen molar-refractivity contribution in [2.45, 2.75) is 18.8 Å². The van der Waals surface area contributed by atoms with Crippen LogP contribution in [0.1, 0.15) is 24.6 Å². The molecule has 1 fully saturated rings. The van der Waals surface area contributed by atoms with Gasteiger partial charge in [0.1, 0.15) is 18.0 Å². The third-order valence-electron chi connectivity index (χ3n) is 5.51. The lowest BCUT2D eigenvalue weighted by Crippen LogP contribution is -2.34. The van der Waals surface area contributed by atoms with E-state index < -0.39 is 11.6 Å². The maximum Gasteiger partial charge on any atom is 0.160 e. The number of anilines is 1. The van der Waals surface area contributed by atoms with Crippen molar-refractivity contribution >= 4 is 29.3 Å². The van der Waals surface area contributed by atoms with Crippen LogP contribution in [0.25, 0.3) is 22.3 Å². The van der Waals surface area contributed by atoms with E-state index in [0.717, 1.165) is 54.7 Å². The number of piperidine rings is 1. The van der Waals surface area contributed by atoms with Crippen LogP contribution in [0, 0.1) is 11.6 Å². The van der Waals surface area contributed by atoms with Crippen LogP contribution in [-0.4, -0.2) is 42.8 Å². The van der Waals surface area contributed by atoms with Crippen LogP contribution in [0.4, 0.5) is 14.6 Å². The molecule has 0 saturated carbocycles. The molecule has 0 aliphatic carbocycles. The highest BCUT2D eigenvalue weighted by Gasteiger charge is 2.26. The smallest absolute Gasteiger partial charge is 0.160 e. The summed E-state index contributed by atoms with van der Waals surface area (Å²) >= 11 is 0. The van der Waals surface area contributed by atoms with E-state index in [0.29, 0.717) is 11.3 Å². The third-order valence-corrected chi connectivity index (χ3v) is 5.51. The standard InChI is InChI=1S/C20H19F2N7.ClH/c1-28-10-17(13-2-3-15(21)16(22)8-13)26-19(28)12-4-6-29(7-5-12)20-14-9-25-27-18(14)23-11-24-20;/h2-3,8-12H,4-7H2,1H3,(H,23,24,25,27);1H. The van der Waals surface area contributed by atoms with Crippen LogP contribution in [0.2, 0.25) is 0 Å². The van der Waals surface area contributed by atoms with Crippen LogP contribution in [0.15, 0.2) is 36.9 Å². The molecule has 0 bridgehead atoms. The van der Waals surface area contributed by atoms with Gasteiger partial charge in [-0.2, -0.15) is 5.10 Å². The van der Waals surface area contributed by atoms with Gasteiger partial charge in [0.15, 0.2) is 17.3 Å². The first-order valence-electron chi connectivity index (χ1n) is 9.48. The minimum atomic E-state index is -0.863. The molecule has 1 N–H and O–H groups in total. The van der Waals surface area contributed by atoms with Gasteiger partial charge in [-0.05, 0) is 31.0 Å². The van der Waals surface area contributed by atoms with Crippen LogP contribution in [0.5, 0.6) is 0 Å². The Balaban J connectivity index is 0.00000218.